The van der Waals surface area contributed by atoms with E-state index in [9.17, 15) is 31.5 Å². The summed E-state index contributed by atoms with van der Waals surface area (Å²) < 4.78 is 67.9. The largest absolute Gasteiger partial charge is 0.387 e. The van der Waals surface area contributed by atoms with Crippen LogP contribution in [0.15, 0.2) is 46.2 Å². The lowest BCUT2D eigenvalue weighted by Crippen LogP contribution is -2.53. The first-order chi connectivity index (χ1) is 14.5. The molecular weight excluding hydrogens is 477 g/mol. The number of rotatable bonds is 5. The quantitative estimate of drug-likeness (QED) is 0.617. The number of nitrogens with zero attached hydrogens (tertiary/aromatic N) is 1. The molecule has 0 aliphatic carbocycles. The minimum atomic E-state index is -4.37. The van der Waals surface area contributed by atoms with Gasteiger partial charge in [-0.1, -0.05) is 11.6 Å². The molecule has 0 bridgehead atoms. The van der Waals surface area contributed by atoms with Gasteiger partial charge in [0.15, 0.2) is 0 Å². The fraction of sp³-hybridized carbons (Fsp3) is 0.316. The van der Waals surface area contributed by atoms with Crippen molar-refractivity contribution in [2.45, 2.75) is 28.2 Å². The summed E-state index contributed by atoms with van der Waals surface area (Å²) in [4.78, 5) is 12.6. The van der Waals surface area contributed by atoms with Gasteiger partial charge in [0.1, 0.15) is 11.9 Å². The molecule has 3 rings (SSSR count). The van der Waals surface area contributed by atoms with Crippen LogP contribution in [0.3, 0.4) is 0 Å². The standard InChI is InChI=1S/C19H18ClF3N2O4S2/c1-30-15-5-2-11(18(27)24-12-3-4-14(21)13(20)9-12)8-16(15)31(28,29)25-7-6-17(26)19(22,23)10-25/h2-5,8-9,17,26H,6-7,10H2,1H3,(H,24,27). The molecule has 31 heavy (non-hydrogen) atoms. The lowest BCUT2D eigenvalue weighted by atomic mass is 10.1. The molecule has 0 spiro atoms. The second kappa shape index (κ2) is 8.99. The highest BCUT2D eigenvalue weighted by atomic mass is 35.5. The van der Waals surface area contributed by atoms with Crippen LogP contribution in [-0.4, -0.2) is 55.1 Å². The highest BCUT2D eigenvalue weighted by Crippen LogP contribution is 2.34. The summed E-state index contributed by atoms with van der Waals surface area (Å²) in [5, 5.41) is 11.7. The summed E-state index contributed by atoms with van der Waals surface area (Å²) in [6.45, 7) is -1.44. The van der Waals surface area contributed by atoms with Crippen LogP contribution < -0.4 is 5.32 Å². The molecule has 0 saturated carbocycles. The Labute approximate surface area is 186 Å². The van der Waals surface area contributed by atoms with Crippen molar-refractivity contribution < 1.29 is 31.5 Å². The van der Waals surface area contributed by atoms with E-state index in [1.807, 2.05) is 0 Å². The number of carbonyl (C=O) groups is 1. The van der Waals surface area contributed by atoms with Gasteiger partial charge >= 0.3 is 0 Å². The van der Waals surface area contributed by atoms with Crippen molar-refractivity contribution >= 4 is 45.0 Å². The van der Waals surface area contributed by atoms with Gasteiger partial charge in [0.25, 0.3) is 11.8 Å². The lowest BCUT2D eigenvalue weighted by molar-refractivity contribution is -0.136. The van der Waals surface area contributed by atoms with Gasteiger partial charge < -0.3 is 10.4 Å². The molecule has 1 unspecified atom stereocenters. The zero-order chi connectivity index (χ0) is 23.0. The van der Waals surface area contributed by atoms with Crippen LogP contribution in [0.4, 0.5) is 18.9 Å². The van der Waals surface area contributed by atoms with Gasteiger partial charge in [-0.15, -0.1) is 11.8 Å². The number of aliphatic hydroxyl groups excluding tert-OH is 1. The van der Waals surface area contributed by atoms with Crippen LogP contribution in [0, 0.1) is 5.82 Å². The number of anilines is 1. The Balaban J connectivity index is 1.93. The van der Waals surface area contributed by atoms with Gasteiger partial charge in [0.2, 0.25) is 10.0 Å². The predicted octanol–water partition coefficient (Wildman–Crippen LogP) is 3.84. The molecule has 2 aromatic rings. The van der Waals surface area contributed by atoms with Gasteiger partial charge in [-0.25, -0.2) is 21.6 Å². The summed E-state index contributed by atoms with van der Waals surface area (Å²) in [7, 11) is -4.37. The summed E-state index contributed by atoms with van der Waals surface area (Å²) in [6, 6.07) is 7.44. The van der Waals surface area contributed by atoms with Crippen LogP contribution in [0.2, 0.25) is 5.02 Å². The van der Waals surface area contributed by atoms with Crippen molar-refractivity contribution in [1.82, 2.24) is 4.31 Å². The summed E-state index contributed by atoms with van der Waals surface area (Å²) >= 11 is 6.78. The van der Waals surface area contributed by atoms with E-state index in [0.29, 0.717) is 4.31 Å². The summed E-state index contributed by atoms with van der Waals surface area (Å²) in [5.41, 5.74) is 0.153. The topological polar surface area (TPSA) is 86.7 Å². The van der Waals surface area contributed by atoms with Crippen LogP contribution in [0.1, 0.15) is 16.8 Å². The Bertz CT molecular complexity index is 1120. The van der Waals surface area contributed by atoms with Gasteiger partial charge in [-0.05, 0) is 49.1 Å². The monoisotopic (exact) mass is 494 g/mol. The molecule has 1 amide bonds. The Morgan fingerprint density at radius 2 is 2.00 bits per heavy atom. The molecule has 1 heterocycles. The molecule has 1 atom stereocenters. The average molecular weight is 495 g/mol. The molecular formula is C19H18ClF3N2O4S2. The van der Waals surface area contributed by atoms with Crippen molar-refractivity contribution in [3.8, 4) is 0 Å². The minimum absolute atomic E-state index is 0.0411. The van der Waals surface area contributed by atoms with E-state index in [1.165, 1.54) is 24.3 Å². The maximum atomic E-state index is 13.9. The number of halogens is 4. The maximum absolute atomic E-state index is 13.9. The third-order valence-corrected chi connectivity index (χ3v) is 7.85. The predicted molar refractivity (Wildman–Crippen MR) is 112 cm³/mol. The van der Waals surface area contributed by atoms with Crippen molar-refractivity contribution in [2.24, 2.45) is 0 Å². The average Bonchev–Trinajstić information content (AvgIpc) is 2.72. The van der Waals surface area contributed by atoms with Crippen molar-refractivity contribution in [1.29, 1.82) is 0 Å². The second-order valence-electron chi connectivity index (χ2n) is 6.85. The Morgan fingerprint density at radius 3 is 2.61 bits per heavy atom. The molecule has 1 fully saturated rings. The number of alkyl halides is 2. The minimum Gasteiger partial charge on any atom is -0.387 e. The second-order valence-corrected chi connectivity index (χ2v) is 10.0. The summed E-state index contributed by atoms with van der Waals surface area (Å²) in [6.07, 6.45) is -0.714. The van der Waals surface area contributed by atoms with Gasteiger partial charge in [0.05, 0.1) is 16.5 Å². The maximum Gasteiger partial charge on any atom is 0.286 e. The van der Waals surface area contributed by atoms with E-state index in [0.717, 1.165) is 23.9 Å². The van der Waals surface area contributed by atoms with E-state index in [-0.39, 0.29) is 32.6 Å². The molecule has 0 aromatic heterocycles. The van der Waals surface area contributed by atoms with E-state index in [1.54, 1.807) is 6.26 Å². The Morgan fingerprint density at radius 1 is 1.29 bits per heavy atom. The molecule has 2 N–H and O–H groups in total. The fourth-order valence-corrected chi connectivity index (χ4v) is 5.81. The highest BCUT2D eigenvalue weighted by molar-refractivity contribution is 7.99. The Kier molecular flexibility index (Phi) is 6.92. The van der Waals surface area contributed by atoms with E-state index in [2.05, 4.69) is 5.32 Å². The third-order valence-electron chi connectivity index (χ3n) is 4.75. The summed E-state index contributed by atoms with van der Waals surface area (Å²) in [5.74, 6) is -4.94. The first-order valence-electron chi connectivity index (χ1n) is 8.96. The van der Waals surface area contributed by atoms with E-state index < -0.39 is 46.7 Å². The SMILES string of the molecule is CSc1ccc(C(=O)Nc2ccc(F)c(Cl)c2)cc1S(=O)(=O)N1CCC(O)C(F)(F)C1. The molecule has 6 nitrogen and oxygen atoms in total. The molecule has 12 heteroatoms. The number of piperidine rings is 1. The normalized spacial score (nSPS) is 19.2. The smallest absolute Gasteiger partial charge is 0.286 e. The number of benzene rings is 2. The zero-order valence-electron chi connectivity index (χ0n) is 16.1. The number of hydrogen-bond acceptors (Lipinski definition) is 5. The van der Waals surface area contributed by atoms with Gasteiger partial charge in [-0.2, -0.15) is 4.31 Å². The number of thioether (sulfide) groups is 1. The van der Waals surface area contributed by atoms with E-state index >= 15 is 0 Å². The zero-order valence-corrected chi connectivity index (χ0v) is 18.5. The van der Waals surface area contributed by atoms with Gasteiger partial charge in [-0.3, -0.25) is 4.79 Å². The lowest BCUT2D eigenvalue weighted by Gasteiger charge is -2.35. The molecule has 1 aliphatic rings. The molecule has 1 aliphatic heterocycles. The number of nitrogens with one attached hydrogen (secondary N) is 1. The van der Waals surface area contributed by atoms with Crippen molar-refractivity contribution in [3.05, 3.63) is 52.8 Å². The first-order valence-corrected chi connectivity index (χ1v) is 12.0. The highest BCUT2D eigenvalue weighted by Gasteiger charge is 2.47. The molecule has 1 saturated heterocycles. The fourth-order valence-electron chi connectivity index (χ4n) is 3.04. The Hall–Kier alpha value is -1.79. The van der Waals surface area contributed by atoms with E-state index in [4.69, 9.17) is 11.6 Å². The van der Waals surface area contributed by atoms with Crippen molar-refractivity contribution in [3.63, 3.8) is 0 Å². The number of amides is 1. The van der Waals surface area contributed by atoms with Crippen LogP contribution >= 0.6 is 23.4 Å². The number of aliphatic hydroxyl groups is 1. The molecule has 0 radical (unpaired) electrons. The van der Waals surface area contributed by atoms with Crippen molar-refractivity contribution in [2.75, 3.05) is 24.7 Å². The number of sulfonamides is 1. The molecule has 168 valence electrons. The van der Waals surface area contributed by atoms with Gasteiger partial charge in [0, 0.05) is 22.7 Å². The van der Waals surface area contributed by atoms with Crippen LogP contribution in [0.5, 0.6) is 0 Å². The van der Waals surface area contributed by atoms with Crippen LogP contribution in [0.25, 0.3) is 0 Å². The third kappa shape index (κ3) is 5.01. The first kappa shape index (κ1) is 23.9. The number of carbonyl (C=O) groups excluding carboxylic acids is 1. The van der Waals surface area contributed by atoms with Crippen LogP contribution in [-0.2, 0) is 10.0 Å². The number of hydrogen-bond donors (Lipinski definition) is 2. The molecule has 2 aromatic carbocycles.